The molecule has 10 nitrogen and oxygen atoms in total. The van der Waals surface area contributed by atoms with E-state index in [4.69, 9.17) is 24.1 Å². The molecule has 13 heteroatoms. The standard InChI is InChI=1S/C25H23F3N4O6/c1-35-20-11-17-18(12-21(20)36-2)29-8-7-19(17)38-16-5-3-15(4-6-16)30-24(34)23-22(37-14-25(26,27)28)13-32(31-23)9-10-33/h3-8,11-13,33H,9-10,14H2,1-2H3,(H,30,34). The normalized spacial score (nSPS) is 11.3. The summed E-state index contributed by atoms with van der Waals surface area (Å²) in [5, 5.41) is 16.3. The monoisotopic (exact) mass is 532 g/mol. The first-order valence-corrected chi connectivity index (χ1v) is 11.2. The van der Waals surface area contributed by atoms with Crippen molar-refractivity contribution < 1.29 is 42.0 Å². The van der Waals surface area contributed by atoms with Gasteiger partial charge in [0.25, 0.3) is 5.91 Å². The fraction of sp³-hybridized carbons (Fsp3) is 0.240. The Bertz CT molecular complexity index is 1420. The number of halogens is 3. The molecule has 38 heavy (non-hydrogen) atoms. The summed E-state index contributed by atoms with van der Waals surface area (Å²) in [4.78, 5) is 17.1. The lowest BCUT2D eigenvalue weighted by Crippen LogP contribution is -2.21. The molecule has 0 aliphatic carbocycles. The number of anilines is 1. The molecule has 4 rings (SSSR count). The number of nitrogens with zero attached hydrogens (tertiary/aromatic N) is 3. The number of aromatic nitrogens is 3. The molecule has 2 heterocycles. The first kappa shape index (κ1) is 26.5. The van der Waals surface area contributed by atoms with Crippen molar-refractivity contribution in [2.24, 2.45) is 0 Å². The number of hydrogen-bond acceptors (Lipinski definition) is 8. The number of rotatable bonds is 10. The van der Waals surface area contributed by atoms with E-state index in [2.05, 4.69) is 15.4 Å². The molecule has 2 aromatic carbocycles. The third kappa shape index (κ3) is 6.24. The van der Waals surface area contributed by atoms with Gasteiger partial charge in [0.1, 0.15) is 11.5 Å². The number of methoxy groups -OCH3 is 2. The Labute approximate surface area is 214 Å². The van der Waals surface area contributed by atoms with Gasteiger partial charge in [0.2, 0.25) is 0 Å². The molecular formula is C25H23F3N4O6. The lowest BCUT2D eigenvalue weighted by atomic mass is 10.2. The summed E-state index contributed by atoms with van der Waals surface area (Å²) in [6.45, 7) is -1.94. The number of pyridine rings is 1. The zero-order valence-corrected chi connectivity index (χ0v) is 20.3. The van der Waals surface area contributed by atoms with Gasteiger partial charge in [-0.1, -0.05) is 0 Å². The van der Waals surface area contributed by atoms with Gasteiger partial charge in [-0.2, -0.15) is 18.3 Å². The second-order valence-corrected chi connectivity index (χ2v) is 7.85. The Morgan fingerprint density at radius 1 is 1.03 bits per heavy atom. The molecule has 0 aliphatic heterocycles. The fourth-order valence-corrected chi connectivity index (χ4v) is 3.50. The first-order valence-electron chi connectivity index (χ1n) is 11.2. The Morgan fingerprint density at radius 2 is 1.74 bits per heavy atom. The van der Waals surface area contributed by atoms with Crippen LogP contribution in [0.25, 0.3) is 10.9 Å². The Hall–Kier alpha value is -4.52. The lowest BCUT2D eigenvalue weighted by Gasteiger charge is -2.13. The number of carbonyl (C=O) groups is 1. The zero-order valence-electron chi connectivity index (χ0n) is 20.3. The van der Waals surface area contributed by atoms with Crippen molar-refractivity contribution in [1.29, 1.82) is 0 Å². The van der Waals surface area contributed by atoms with Gasteiger partial charge in [-0.25, -0.2) is 0 Å². The highest BCUT2D eigenvalue weighted by Crippen LogP contribution is 2.37. The number of carbonyl (C=O) groups excluding carboxylic acids is 1. The van der Waals surface area contributed by atoms with Crippen LogP contribution >= 0.6 is 0 Å². The fourth-order valence-electron chi connectivity index (χ4n) is 3.50. The van der Waals surface area contributed by atoms with Crippen LogP contribution in [0.1, 0.15) is 10.5 Å². The molecule has 0 bridgehead atoms. The minimum atomic E-state index is -4.60. The van der Waals surface area contributed by atoms with E-state index in [0.717, 1.165) is 10.9 Å². The smallest absolute Gasteiger partial charge is 0.422 e. The Kier molecular flexibility index (Phi) is 7.86. The summed E-state index contributed by atoms with van der Waals surface area (Å²) in [5.74, 6) is 0.854. The topological polar surface area (TPSA) is 117 Å². The van der Waals surface area contributed by atoms with Crippen molar-refractivity contribution in [2.75, 3.05) is 32.8 Å². The number of aliphatic hydroxyl groups is 1. The molecule has 1 amide bonds. The van der Waals surface area contributed by atoms with Gasteiger partial charge < -0.3 is 29.4 Å². The third-order valence-corrected chi connectivity index (χ3v) is 5.21. The van der Waals surface area contributed by atoms with Crippen LogP contribution in [-0.2, 0) is 6.54 Å². The molecule has 4 aromatic rings. The second-order valence-electron chi connectivity index (χ2n) is 7.85. The maximum Gasteiger partial charge on any atom is 0.422 e. The average molecular weight is 532 g/mol. The van der Waals surface area contributed by atoms with Crippen LogP contribution in [0.15, 0.2) is 54.9 Å². The van der Waals surface area contributed by atoms with Crippen molar-refractivity contribution in [3.8, 4) is 28.7 Å². The minimum Gasteiger partial charge on any atom is -0.493 e. The van der Waals surface area contributed by atoms with Gasteiger partial charge in [-0.3, -0.25) is 14.5 Å². The quantitative estimate of drug-likeness (QED) is 0.308. The average Bonchev–Trinajstić information content (AvgIpc) is 3.31. The van der Waals surface area contributed by atoms with E-state index in [1.807, 2.05) is 0 Å². The van der Waals surface area contributed by atoms with E-state index in [1.54, 1.807) is 48.7 Å². The summed E-state index contributed by atoms with van der Waals surface area (Å²) in [5.41, 5.74) is 0.621. The summed E-state index contributed by atoms with van der Waals surface area (Å²) in [6.07, 6.45) is -1.88. The van der Waals surface area contributed by atoms with E-state index in [1.165, 1.54) is 14.2 Å². The predicted molar refractivity (Wildman–Crippen MR) is 130 cm³/mol. The van der Waals surface area contributed by atoms with Crippen molar-refractivity contribution in [3.05, 3.63) is 60.6 Å². The number of hydrogen-bond donors (Lipinski definition) is 2. The van der Waals surface area contributed by atoms with Crippen LogP contribution in [0.5, 0.6) is 28.7 Å². The molecule has 0 aliphatic rings. The second kappa shape index (κ2) is 11.3. The van der Waals surface area contributed by atoms with Crippen molar-refractivity contribution in [3.63, 3.8) is 0 Å². The summed E-state index contributed by atoms with van der Waals surface area (Å²) < 4.78 is 60.4. The van der Waals surface area contributed by atoms with Crippen LogP contribution in [-0.4, -0.2) is 59.4 Å². The number of nitrogens with one attached hydrogen (secondary N) is 1. The van der Waals surface area contributed by atoms with Crippen molar-refractivity contribution >= 4 is 22.5 Å². The highest BCUT2D eigenvalue weighted by Gasteiger charge is 2.30. The lowest BCUT2D eigenvalue weighted by molar-refractivity contribution is -0.153. The van der Waals surface area contributed by atoms with Gasteiger partial charge >= 0.3 is 6.18 Å². The number of benzene rings is 2. The van der Waals surface area contributed by atoms with E-state index in [-0.39, 0.29) is 24.6 Å². The maximum absolute atomic E-state index is 12.7. The summed E-state index contributed by atoms with van der Waals surface area (Å²) >= 11 is 0. The highest BCUT2D eigenvalue weighted by atomic mass is 19.4. The number of amides is 1. The number of aliphatic hydroxyl groups excluding tert-OH is 1. The van der Waals surface area contributed by atoms with E-state index < -0.39 is 18.7 Å². The first-order chi connectivity index (χ1) is 18.2. The van der Waals surface area contributed by atoms with Gasteiger partial charge in [0, 0.05) is 23.3 Å². The molecule has 200 valence electrons. The largest absolute Gasteiger partial charge is 0.493 e. The number of alkyl halides is 3. The molecule has 2 N–H and O–H groups in total. The molecule has 0 fully saturated rings. The van der Waals surface area contributed by atoms with E-state index in [0.29, 0.717) is 39.6 Å². The number of ether oxygens (including phenoxy) is 4. The molecule has 0 radical (unpaired) electrons. The molecule has 0 saturated heterocycles. The van der Waals surface area contributed by atoms with Crippen LogP contribution in [0.2, 0.25) is 0 Å². The van der Waals surface area contributed by atoms with Crippen LogP contribution < -0.4 is 24.3 Å². The molecule has 0 saturated carbocycles. The predicted octanol–water partition coefficient (Wildman–Crippen LogP) is 4.43. The molecular weight excluding hydrogens is 509 g/mol. The summed E-state index contributed by atoms with van der Waals surface area (Å²) in [6, 6.07) is 11.5. The highest BCUT2D eigenvalue weighted by molar-refractivity contribution is 6.04. The molecule has 0 spiro atoms. The minimum absolute atomic E-state index is 0.0238. The summed E-state index contributed by atoms with van der Waals surface area (Å²) in [7, 11) is 3.05. The van der Waals surface area contributed by atoms with Crippen LogP contribution in [0, 0.1) is 0 Å². The van der Waals surface area contributed by atoms with Crippen LogP contribution in [0.4, 0.5) is 18.9 Å². The SMILES string of the molecule is COc1cc2nccc(Oc3ccc(NC(=O)c4nn(CCO)cc4OCC(F)(F)F)cc3)c2cc1OC. The van der Waals surface area contributed by atoms with Gasteiger partial charge in [-0.05, 0) is 36.4 Å². The molecule has 0 atom stereocenters. The van der Waals surface area contributed by atoms with Crippen LogP contribution in [0.3, 0.4) is 0 Å². The van der Waals surface area contributed by atoms with E-state index in [9.17, 15) is 18.0 Å². The third-order valence-electron chi connectivity index (χ3n) is 5.21. The zero-order chi connectivity index (χ0) is 27.3. The molecule has 0 unspecified atom stereocenters. The van der Waals surface area contributed by atoms with E-state index >= 15 is 0 Å². The van der Waals surface area contributed by atoms with Gasteiger partial charge in [0.05, 0.1) is 39.1 Å². The number of fused-ring (bicyclic) bond motifs is 1. The van der Waals surface area contributed by atoms with Gasteiger partial charge in [0.15, 0.2) is 29.5 Å². The molecule has 2 aromatic heterocycles. The van der Waals surface area contributed by atoms with Crippen molar-refractivity contribution in [1.82, 2.24) is 14.8 Å². The Balaban J connectivity index is 1.50. The Morgan fingerprint density at radius 3 is 2.39 bits per heavy atom. The van der Waals surface area contributed by atoms with Gasteiger partial charge in [-0.15, -0.1) is 0 Å². The maximum atomic E-state index is 12.7. The van der Waals surface area contributed by atoms with Crippen molar-refractivity contribution in [2.45, 2.75) is 12.7 Å².